The Morgan fingerprint density at radius 1 is 1.18 bits per heavy atom. The minimum Gasteiger partial charge on any atom is -0.492 e. The van der Waals surface area contributed by atoms with E-state index in [1.807, 2.05) is 0 Å². The SMILES string of the molecule is COc1c2c(c(Br)c([C@@H](C)O)c1OC)OCO2. The van der Waals surface area contributed by atoms with Crippen LogP contribution in [0, 0.1) is 0 Å². The van der Waals surface area contributed by atoms with Crippen LogP contribution in [0.4, 0.5) is 0 Å². The molecule has 0 aromatic heterocycles. The van der Waals surface area contributed by atoms with Gasteiger partial charge in [-0.1, -0.05) is 0 Å². The smallest absolute Gasteiger partial charge is 0.231 e. The third-order valence-corrected chi connectivity index (χ3v) is 3.32. The second-order valence-corrected chi connectivity index (χ2v) is 4.33. The van der Waals surface area contributed by atoms with Crippen molar-refractivity contribution in [3.63, 3.8) is 0 Å². The summed E-state index contributed by atoms with van der Waals surface area (Å²) in [5.74, 6) is 1.89. The number of aliphatic hydroxyl groups excluding tert-OH is 1. The van der Waals surface area contributed by atoms with Crippen LogP contribution in [0.15, 0.2) is 4.47 Å². The van der Waals surface area contributed by atoms with Crippen molar-refractivity contribution in [2.45, 2.75) is 13.0 Å². The molecule has 0 amide bonds. The van der Waals surface area contributed by atoms with E-state index in [0.29, 0.717) is 33.0 Å². The molecule has 1 atom stereocenters. The van der Waals surface area contributed by atoms with E-state index < -0.39 is 6.10 Å². The molecule has 0 fully saturated rings. The number of hydrogen-bond donors (Lipinski definition) is 1. The molecule has 1 heterocycles. The van der Waals surface area contributed by atoms with Gasteiger partial charge in [-0.3, -0.25) is 0 Å². The Bertz CT molecular complexity index is 444. The van der Waals surface area contributed by atoms with Gasteiger partial charge in [-0.15, -0.1) is 0 Å². The number of benzene rings is 1. The van der Waals surface area contributed by atoms with Gasteiger partial charge in [-0.2, -0.15) is 0 Å². The molecule has 6 heteroatoms. The van der Waals surface area contributed by atoms with Gasteiger partial charge in [0.1, 0.15) is 0 Å². The Kier molecular flexibility index (Phi) is 3.35. The normalized spacial score (nSPS) is 14.6. The molecule has 0 aliphatic carbocycles. The average Bonchev–Trinajstić information content (AvgIpc) is 2.77. The van der Waals surface area contributed by atoms with E-state index in [9.17, 15) is 5.11 Å². The second-order valence-electron chi connectivity index (χ2n) is 3.53. The zero-order valence-electron chi connectivity index (χ0n) is 9.74. The van der Waals surface area contributed by atoms with Crippen LogP contribution in [0.1, 0.15) is 18.6 Å². The van der Waals surface area contributed by atoms with Gasteiger partial charge in [0.05, 0.1) is 24.8 Å². The van der Waals surface area contributed by atoms with E-state index in [0.717, 1.165) is 0 Å². The summed E-state index contributed by atoms with van der Waals surface area (Å²) in [6, 6.07) is 0. The molecule has 1 aliphatic rings. The van der Waals surface area contributed by atoms with Gasteiger partial charge in [-0.25, -0.2) is 0 Å². The maximum absolute atomic E-state index is 9.81. The van der Waals surface area contributed by atoms with E-state index in [1.54, 1.807) is 6.92 Å². The topological polar surface area (TPSA) is 57.2 Å². The largest absolute Gasteiger partial charge is 0.492 e. The Balaban J connectivity index is 2.75. The summed E-state index contributed by atoms with van der Waals surface area (Å²) in [6.45, 7) is 1.76. The predicted octanol–water partition coefficient (Wildman–Crippen LogP) is 2.25. The summed E-state index contributed by atoms with van der Waals surface area (Å²) in [5, 5.41) is 9.81. The van der Waals surface area contributed by atoms with Crippen molar-refractivity contribution in [1.82, 2.24) is 0 Å². The molecule has 0 bridgehead atoms. The molecule has 2 rings (SSSR count). The minimum atomic E-state index is -0.720. The molecule has 1 aliphatic heterocycles. The molecule has 17 heavy (non-hydrogen) atoms. The molecule has 94 valence electrons. The summed E-state index contributed by atoms with van der Waals surface area (Å²) in [6.07, 6.45) is -0.720. The lowest BCUT2D eigenvalue weighted by molar-refractivity contribution is 0.170. The van der Waals surface area contributed by atoms with Crippen molar-refractivity contribution in [2.24, 2.45) is 0 Å². The van der Waals surface area contributed by atoms with Gasteiger partial charge in [-0.05, 0) is 22.9 Å². The number of hydrogen-bond acceptors (Lipinski definition) is 5. The highest BCUT2D eigenvalue weighted by Crippen LogP contribution is 2.55. The summed E-state index contributed by atoms with van der Waals surface area (Å²) >= 11 is 3.39. The molecular formula is C11H13BrO5. The van der Waals surface area contributed by atoms with Crippen LogP contribution in [-0.2, 0) is 0 Å². The monoisotopic (exact) mass is 304 g/mol. The fraction of sp³-hybridized carbons (Fsp3) is 0.455. The highest BCUT2D eigenvalue weighted by molar-refractivity contribution is 9.10. The molecule has 5 nitrogen and oxygen atoms in total. The first-order valence-electron chi connectivity index (χ1n) is 5.02. The molecule has 0 unspecified atom stereocenters. The molecule has 0 saturated heterocycles. The van der Waals surface area contributed by atoms with Gasteiger partial charge in [0.25, 0.3) is 0 Å². The number of aliphatic hydroxyl groups is 1. The lowest BCUT2D eigenvalue weighted by atomic mass is 10.1. The Morgan fingerprint density at radius 3 is 2.29 bits per heavy atom. The Labute approximate surface area is 107 Å². The van der Waals surface area contributed by atoms with Crippen LogP contribution in [0.3, 0.4) is 0 Å². The van der Waals surface area contributed by atoms with Crippen molar-refractivity contribution in [1.29, 1.82) is 0 Å². The van der Waals surface area contributed by atoms with E-state index in [-0.39, 0.29) is 6.79 Å². The van der Waals surface area contributed by atoms with Crippen LogP contribution in [-0.4, -0.2) is 26.1 Å². The highest BCUT2D eigenvalue weighted by atomic mass is 79.9. The van der Waals surface area contributed by atoms with Crippen LogP contribution < -0.4 is 18.9 Å². The summed E-state index contributed by atoms with van der Waals surface area (Å²) < 4.78 is 21.9. The molecule has 0 radical (unpaired) electrons. The average molecular weight is 305 g/mol. The van der Waals surface area contributed by atoms with Crippen LogP contribution in [0.25, 0.3) is 0 Å². The van der Waals surface area contributed by atoms with E-state index in [1.165, 1.54) is 14.2 Å². The number of methoxy groups -OCH3 is 2. The number of rotatable bonds is 3. The Morgan fingerprint density at radius 2 is 1.76 bits per heavy atom. The van der Waals surface area contributed by atoms with Crippen LogP contribution in [0.2, 0.25) is 0 Å². The quantitative estimate of drug-likeness (QED) is 0.928. The third-order valence-electron chi connectivity index (χ3n) is 2.53. The lowest BCUT2D eigenvalue weighted by Crippen LogP contribution is -2.01. The van der Waals surface area contributed by atoms with Gasteiger partial charge < -0.3 is 24.1 Å². The third kappa shape index (κ3) is 1.81. The second kappa shape index (κ2) is 4.62. The van der Waals surface area contributed by atoms with E-state index in [2.05, 4.69) is 15.9 Å². The van der Waals surface area contributed by atoms with Crippen molar-refractivity contribution < 1.29 is 24.1 Å². The van der Waals surface area contributed by atoms with Crippen molar-refractivity contribution in [3.05, 3.63) is 10.0 Å². The standard InChI is InChI=1S/C11H13BrO5/c1-5(13)6-7(12)9-11(17-4-16-9)10(15-3)8(6)14-2/h5,13H,4H2,1-3H3/t5-/m1/s1. The number of fused-ring (bicyclic) bond motifs is 1. The zero-order chi connectivity index (χ0) is 12.6. The van der Waals surface area contributed by atoms with Crippen molar-refractivity contribution >= 4 is 15.9 Å². The first-order chi connectivity index (χ1) is 8.11. The highest BCUT2D eigenvalue weighted by Gasteiger charge is 2.31. The summed E-state index contributed by atoms with van der Waals surface area (Å²) in [7, 11) is 3.03. The fourth-order valence-corrected chi connectivity index (χ4v) is 2.62. The van der Waals surface area contributed by atoms with Gasteiger partial charge in [0.15, 0.2) is 11.5 Å². The first-order valence-corrected chi connectivity index (χ1v) is 5.82. The predicted molar refractivity (Wildman–Crippen MR) is 64.0 cm³/mol. The van der Waals surface area contributed by atoms with Crippen LogP contribution in [0.5, 0.6) is 23.0 Å². The number of halogens is 1. The maximum Gasteiger partial charge on any atom is 0.231 e. The van der Waals surface area contributed by atoms with Gasteiger partial charge in [0, 0.05) is 5.56 Å². The van der Waals surface area contributed by atoms with Crippen molar-refractivity contribution in [3.8, 4) is 23.0 Å². The summed E-state index contributed by atoms with van der Waals surface area (Å²) in [5.41, 5.74) is 0.577. The molecule has 1 N–H and O–H groups in total. The fourth-order valence-electron chi connectivity index (χ4n) is 1.82. The lowest BCUT2D eigenvalue weighted by Gasteiger charge is -2.18. The zero-order valence-corrected chi connectivity index (χ0v) is 11.3. The van der Waals surface area contributed by atoms with E-state index in [4.69, 9.17) is 18.9 Å². The van der Waals surface area contributed by atoms with Crippen molar-refractivity contribution in [2.75, 3.05) is 21.0 Å². The van der Waals surface area contributed by atoms with Gasteiger partial charge in [0.2, 0.25) is 18.3 Å². The molecule has 1 aromatic rings. The summed E-state index contributed by atoms with van der Waals surface area (Å²) in [4.78, 5) is 0. The molecule has 1 aromatic carbocycles. The first kappa shape index (κ1) is 12.3. The molecule has 0 saturated carbocycles. The van der Waals surface area contributed by atoms with Crippen LogP contribution >= 0.6 is 15.9 Å². The van der Waals surface area contributed by atoms with E-state index >= 15 is 0 Å². The molecular weight excluding hydrogens is 292 g/mol. The molecule has 0 spiro atoms. The minimum absolute atomic E-state index is 0.122. The van der Waals surface area contributed by atoms with Gasteiger partial charge >= 0.3 is 0 Å². The Hall–Kier alpha value is -1.14. The number of ether oxygens (including phenoxy) is 4. The maximum atomic E-state index is 9.81.